The lowest BCUT2D eigenvalue weighted by Gasteiger charge is -2.48. The standard InChI is InChI=1S/C68H94BrN3/c1-3-5-7-9-11-13-15-17-19-21-23-27-33-53-49-67-50-54(34-28-24-22-20-18-16-14-12-10-8-6-4-2)52-68(67,51-53)64-48-59(69)42-45-61(64)62-47-58(41-46-63(62)67)66-70-65(57-37-31-26-32-38-57)71-72(66)60-43-39-56(40-44-60)55-35-29-25-30-36-55/h25,29-30,35-36,39-48,53-54,57H,3-24,26-28,31-34,37-38,49-52H2,1-2H3. The van der Waals surface area contributed by atoms with Gasteiger partial charge in [-0.2, -0.15) is 5.10 Å². The molecular weight excluding hydrogens is 939 g/mol. The van der Waals surface area contributed by atoms with Crippen molar-refractivity contribution in [3.8, 4) is 39.3 Å². The molecule has 2 atom stereocenters. The largest absolute Gasteiger partial charge is 0.213 e. The summed E-state index contributed by atoms with van der Waals surface area (Å²) in [6.45, 7) is 4.65. The highest BCUT2D eigenvalue weighted by Crippen LogP contribution is 2.72. The molecule has 9 rings (SSSR count). The van der Waals surface area contributed by atoms with E-state index in [-0.39, 0.29) is 10.8 Å². The minimum atomic E-state index is 0.187. The van der Waals surface area contributed by atoms with Crippen molar-refractivity contribution in [2.75, 3.05) is 0 Å². The Hall–Kier alpha value is -3.50. The molecule has 3 nitrogen and oxygen atoms in total. The molecule has 72 heavy (non-hydrogen) atoms. The van der Waals surface area contributed by atoms with E-state index in [2.05, 4.69) is 125 Å². The molecular formula is C68H94BrN3. The average molecular weight is 1030 g/mol. The molecule has 0 amide bonds. The van der Waals surface area contributed by atoms with Gasteiger partial charge in [-0.25, -0.2) is 9.67 Å². The van der Waals surface area contributed by atoms with Crippen molar-refractivity contribution in [3.05, 3.63) is 112 Å². The summed E-state index contributed by atoms with van der Waals surface area (Å²) < 4.78 is 3.43. The molecule has 0 spiro atoms. The number of rotatable bonds is 30. The molecule has 0 radical (unpaired) electrons. The van der Waals surface area contributed by atoms with E-state index in [0.717, 1.165) is 29.2 Å². The van der Waals surface area contributed by atoms with Gasteiger partial charge >= 0.3 is 0 Å². The maximum atomic E-state index is 5.54. The van der Waals surface area contributed by atoms with Gasteiger partial charge in [-0.15, -0.1) is 0 Å². The van der Waals surface area contributed by atoms with Gasteiger partial charge in [-0.05, 0) is 114 Å². The molecule has 1 heterocycles. The molecule has 0 bridgehead atoms. The topological polar surface area (TPSA) is 30.7 Å². The van der Waals surface area contributed by atoms with Crippen LogP contribution in [0.4, 0.5) is 0 Å². The van der Waals surface area contributed by atoms with E-state index < -0.39 is 0 Å². The number of benzene rings is 4. The zero-order chi connectivity index (χ0) is 49.4. The number of hydrogen-bond acceptors (Lipinski definition) is 2. The third-order valence-corrected chi connectivity index (χ3v) is 19.3. The highest BCUT2D eigenvalue weighted by Gasteiger charge is 2.66. The molecule has 388 valence electrons. The molecule has 3 fully saturated rings. The molecule has 0 N–H and O–H groups in total. The predicted molar refractivity (Wildman–Crippen MR) is 311 cm³/mol. The fourth-order valence-electron chi connectivity index (χ4n) is 15.1. The Morgan fingerprint density at radius 2 is 0.958 bits per heavy atom. The molecule has 4 aromatic carbocycles. The summed E-state index contributed by atoms with van der Waals surface area (Å²) in [5.41, 5.74) is 11.4. The van der Waals surface area contributed by atoms with Crippen molar-refractivity contribution in [1.82, 2.24) is 14.8 Å². The Morgan fingerprint density at radius 1 is 0.472 bits per heavy atom. The number of hydrogen-bond donors (Lipinski definition) is 0. The van der Waals surface area contributed by atoms with E-state index >= 15 is 0 Å². The van der Waals surface area contributed by atoms with Crippen molar-refractivity contribution >= 4 is 15.9 Å². The molecule has 2 unspecified atom stereocenters. The average Bonchev–Trinajstić information content (AvgIpc) is 4.10. The van der Waals surface area contributed by atoms with Crippen molar-refractivity contribution in [3.63, 3.8) is 0 Å². The van der Waals surface area contributed by atoms with Crippen LogP contribution in [0.15, 0.2) is 95.5 Å². The van der Waals surface area contributed by atoms with Gasteiger partial charge in [-0.3, -0.25) is 0 Å². The minimum absolute atomic E-state index is 0.187. The predicted octanol–water partition coefficient (Wildman–Crippen LogP) is 21.6. The van der Waals surface area contributed by atoms with Crippen LogP contribution in [-0.2, 0) is 10.8 Å². The summed E-state index contributed by atoms with van der Waals surface area (Å²) >= 11 is 4.07. The fraction of sp³-hybridized carbons (Fsp3) is 0.618. The van der Waals surface area contributed by atoms with Crippen LogP contribution in [0.3, 0.4) is 0 Å². The van der Waals surface area contributed by atoms with E-state index in [1.165, 1.54) is 257 Å². The quantitative estimate of drug-likeness (QED) is 0.0429. The second-order valence-corrected chi connectivity index (χ2v) is 24.9. The van der Waals surface area contributed by atoms with Gasteiger partial charge in [0.05, 0.1) is 5.69 Å². The summed E-state index contributed by atoms with van der Waals surface area (Å²) in [5.74, 6) is 4.03. The summed E-state index contributed by atoms with van der Waals surface area (Å²) in [5, 5.41) is 5.42. The van der Waals surface area contributed by atoms with E-state index in [1.54, 1.807) is 11.1 Å². The molecule has 1 aromatic heterocycles. The fourth-order valence-corrected chi connectivity index (χ4v) is 15.5. The number of halogens is 1. The number of fused-ring (bicyclic) bond motifs is 3. The summed E-state index contributed by atoms with van der Waals surface area (Å²) in [7, 11) is 0. The van der Waals surface area contributed by atoms with Gasteiger partial charge in [0.25, 0.3) is 0 Å². The van der Waals surface area contributed by atoms with Crippen LogP contribution >= 0.6 is 15.9 Å². The van der Waals surface area contributed by atoms with Gasteiger partial charge in [0, 0.05) is 26.8 Å². The maximum absolute atomic E-state index is 5.54. The summed E-state index contributed by atoms with van der Waals surface area (Å²) in [6.07, 6.45) is 48.7. The first-order chi connectivity index (χ1) is 35.5. The Morgan fingerprint density at radius 3 is 1.50 bits per heavy atom. The van der Waals surface area contributed by atoms with Gasteiger partial charge < -0.3 is 0 Å². The zero-order valence-corrected chi connectivity index (χ0v) is 46.9. The number of unbranched alkanes of at least 4 members (excludes halogenated alkanes) is 22. The van der Waals surface area contributed by atoms with Crippen molar-refractivity contribution in [2.45, 2.75) is 255 Å². The first-order valence-electron chi connectivity index (χ1n) is 30.6. The van der Waals surface area contributed by atoms with E-state index in [9.17, 15) is 0 Å². The van der Waals surface area contributed by atoms with E-state index in [0.29, 0.717) is 5.92 Å². The normalized spacial score (nSPS) is 21.4. The Kier molecular flexibility index (Phi) is 19.9. The lowest BCUT2D eigenvalue weighted by molar-refractivity contribution is 0.299. The van der Waals surface area contributed by atoms with Gasteiger partial charge in [0.1, 0.15) is 0 Å². The molecule has 3 saturated carbocycles. The van der Waals surface area contributed by atoms with Gasteiger partial charge in [0.2, 0.25) is 0 Å². The van der Waals surface area contributed by atoms with Crippen molar-refractivity contribution < 1.29 is 0 Å². The van der Waals surface area contributed by atoms with Gasteiger partial charge in [-0.1, -0.05) is 277 Å². The number of nitrogens with zero attached hydrogens (tertiary/aromatic N) is 3. The van der Waals surface area contributed by atoms with Crippen molar-refractivity contribution in [1.29, 1.82) is 0 Å². The first-order valence-corrected chi connectivity index (χ1v) is 31.4. The SMILES string of the molecule is CCCCCCCCCCCCCCC1CC23CC(CCCCCCCCCCCCCC)CC2(C1)c1cc(Br)ccc1-c1cc(-c2nc(C4CCCCC4)nn2-c2ccc(-c4ccccc4)cc2)ccc13. The first kappa shape index (κ1) is 53.3. The smallest absolute Gasteiger partial charge is 0.163 e. The minimum Gasteiger partial charge on any atom is -0.213 e. The van der Waals surface area contributed by atoms with Crippen LogP contribution in [0.25, 0.3) is 39.3 Å². The van der Waals surface area contributed by atoms with Crippen LogP contribution in [0.5, 0.6) is 0 Å². The molecule has 4 aliphatic carbocycles. The highest BCUT2D eigenvalue weighted by atomic mass is 79.9. The third-order valence-electron chi connectivity index (χ3n) is 18.8. The second-order valence-electron chi connectivity index (χ2n) is 24.0. The van der Waals surface area contributed by atoms with E-state index in [1.807, 2.05) is 0 Å². The van der Waals surface area contributed by atoms with Crippen molar-refractivity contribution in [2.24, 2.45) is 11.8 Å². The lowest BCUT2D eigenvalue weighted by atomic mass is 9.55. The third kappa shape index (κ3) is 12.8. The second kappa shape index (κ2) is 26.8. The monoisotopic (exact) mass is 1030 g/mol. The summed E-state index contributed by atoms with van der Waals surface area (Å²) in [6, 6.07) is 34.9. The molecule has 4 aliphatic rings. The number of aromatic nitrogens is 3. The summed E-state index contributed by atoms with van der Waals surface area (Å²) in [4.78, 5) is 5.54. The molecule has 4 heteroatoms. The molecule has 0 aliphatic heterocycles. The molecule has 0 saturated heterocycles. The maximum Gasteiger partial charge on any atom is 0.163 e. The van der Waals surface area contributed by atoms with Crippen LogP contribution in [0.1, 0.15) is 261 Å². The Bertz CT molecular complexity index is 2350. The molecule has 5 aromatic rings. The van der Waals surface area contributed by atoms with Crippen LogP contribution in [-0.4, -0.2) is 14.8 Å². The van der Waals surface area contributed by atoms with Crippen LogP contribution in [0, 0.1) is 11.8 Å². The van der Waals surface area contributed by atoms with E-state index in [4.69, 9.17) is 10.1 Å². The lowest BCUT2D eigenvalue weighted by Crippen LogP contribution is -2.43. The van der Waals surface area contributed by atoms with Crippen LogP contribution in [0.2, 0.25) is 0 Å². The zero-order valence-electron chi connectivity index (χ0n) is 45.4. The van der Waals surface area contributed by atoms with Crippen LogP contribution < -0.4 is 0 Å². The highest BCUT2D eigenvalue weighted by molar-refractivity contribution is 9.10. The Labute approximate surface area is 447 Å². The van der Waals surface area contributed by atoms with Gasteiger partial charge in [0.15, 0.2) is 11.6 Å². The Balaban J connectivity index is 0.956.